The summed E-state index contributed by atoms with van der Waals surface area (Å²) in [7, 11) is 0. The quantitative estimate of drug-likeness (QED) is 0.483. The van der Waals surface area contributed by atoms with Gasteiger partial charge in [-0.05, 0) is 18.2 Å². The minimum absolute atomic E-state index is 0.0183. The summed E-state index contributed by atoms with van der Waals surface area (Å²) in [6, 6.07) is 18.3. The lowest BCUT2D eigenvalue weighted by Crippen LogP contribution is -2.42. The Bertz CT molecular complexity index is 1100. The number of carbonyl (C=O) groups is 2. The van der Waals surface area contributed by atoms with Gasteiger partial charge < -0.3 is 4.52 Å². The monoisotopic (exact) mass is 361 g/mol. The van der Waals surface area contributed by atoms with E-state index in [9.17, 15) is 9.59 Å². The molecule has 0 aliphatic carbocycles. The molecule has 2 aromatic carbocycles. The normalized spacial score (nSPS) is 10.7. The molecule has 2 amide bonds. The van der Waals surface area contributed by atoms with Crippen molar-refractivity contribution in [3.63, 3.8) is 0 Å². The van der Waals surface area contributed by atoms with Gasteiger partial charge in [-0.1, -0.05) is 47.6 Å². The van der Waals surface area contributed by atoms with Crippen molar-refractivity contribution in [2.24, 2.45) is 0 Å². The van der Waals surface area contributed by atoms with Gasteiger partial charge in [-0.2, -0.15) is 5.10 Å². The molecule has 4 aromatic rings. The highest BCUT2D eigenvalue weighted by Gasteiger charge is 2.14. The molecule has 27 heavy (non-hydrogen) atoms. The van der Waals surface area contributed by atoms with Gasteiger partial charge in [-0.3, -0.25) is 25.5 Å². The number of aromatic amines is 1. The molecule has 0 atom stereocenters. The lowest BCUT2D eigenvalue weighted by Gasteiger charge is -2.04. The third-order valence-corrected chi connectivity index (χ3v) is 3.99. The Morgan fingerprint density at radius 2 is 1.78 bits per heavy atom. The van der Waals surface area contributed by atoms with E-state index in [0.29, 0.717) is 17.0 Å². The van der Waals surface area contributed by atoms with E-state index in [1.807, 2.05) is 48.5 Å². The number of fused-ring (bicyclic) bond motifs is 1. The minimum atomic E-state index is -0.497. The first-order valence-corrected chi connectivity index (χ1v) is 8.24. The molecule has 3 N–H and O–H groups in total. The van der Waals surface area contributed by atoms with Gasteiger partial charge in [0, 0.05) is 10.9 Å². The molecule has 0 radical (unpaired) electrons. The van der Waals surface area contributed by atoms with Crippen molar-refractivity contribution in [2.45, 2.75) is 6.42 Å². The molecule has 2 aromatic heterocycles. The van der Waals surface area contributed by atoms with Crippen LogP contribution in [0.3, 0.4) is 0 Å². The maximum Gasteiger partial charge on any atom is 0.287 e. The highest BCUT2D eigenvalue weighted by molar-refractivity contribution is 5.95. The number of nitrogens with zero attached hydrogens (tertiary/aromatic N) is 2. The van der Waals surface area contributed by atoms with Gasteiger partial charge in [0.2, 0.25) is 5.91 Å². The predicted molar refractivity (Wildman–Crippen MR) is 97.3 cm³/mol. The molecule has 8 nitrogen and oxygen atoms in total. The Kier molecular flexibility index (Phi) is 4.36. The van der Waals surface area contributed by atoms with E-state index in [1.165, 1.54) is 0 Å². The minimum Gasteiger partial charge on any atom is -0.356 e. The Labute approximate surface area is 153 Å². The number of hydrogen-bond acceptors (Lipinski definition) is 5. The van der Waals surface area contributed by atoms with Crippen LogP contribution in [0.25, 0.3) is 22.2 Å². The number of hydrogen-bond donors (Lipinski definition) is 3. The van der Waals surface area contributed by atoms with Crippen molar-refractivity contribution >= 4 is 22.8 Å². The molecule has 0 saturated carbocycles. The zero-order chi connectivity index (χ0) is 18.6. The van der Waals surface area contributed by atoms with Gasteiger partial charge in [0.15, 0.2) is 5.58 Å². The largest absolute Gasteiger partial charge is 0.356 e. The summed E-state index contributed by atoms with van der Waals surface area (Å²) in [5.41, 5.74) is 7.59. The molecule has 0 bridgehead atoms. The van der Waals surface area contributed by atoms with Gasteiger partial charge in [0.05, 0.1) is 12.1 Å². The Balaban J connectivity index is 1.36. The first kappa shape index (κ1) is 16.5. The van der Waals surface area contributed by atoms with Crippen LogP contribution in [0, 0.1) is 0 Å². The van der Waals surface area contributed by atoms with Crippen molar-refractivity contribution in [1.29, 1.82) is 0 Å². The molecule has 0 fully saturated rings. The second-order valence-electron chi connectivity index (χ2n) is 5.84. The summed E-state index contributed by atoms with van der Waals surface area (Å²) >= 11 is 0. The van der Waals surface area contributed by atoms with Crippen LogP contribution < -0.4 is 10.9 Å². The molecule has 134 valence electrons. The Morgan fingerprint density at radius 3 is 2.63 bits per heavy atom. The van der Waals surface area contributed by atoms with Crippen molar-refractivity contribution in [2.75, 3.05) is 0 Å². The lowest BCUT2D eigenvalue weighted by atomic mass is 10.1. The van der Waals surface area contributed by atoms with E-state index in [-0.39, 0.29) is 12.1 Å². The second kappa shape index (κ2) is 7.12. The maximum atomic E-state index is 12.2. The zero-order valence-corrected chi connectivity index (χ0v) is 14.1. The second-order valence-corrected chi connectivity index (χ2v) is 5.84. The van der Waals surface area contributed by atoms with E-state index in [0.717, 1.165) is 10.9 Å². The van der Waals surface area contributed by atoms with E-state index >= 15 is 0 Å². The van der Waals surface area contributed by atoms with Crippen LogP contribution in [0.15, 0.2) is 65.2 Å². The molecule has 4 rings (SSSR count). The van der Waals surface area contributed by atoms with Gasteiger partial charge in [-0.25, -0.2) is 0 Å². The summed E-state index contributed by atoms with van der Waals surface area (Å²) < 4.78 is 5.16. The third kappa shape index (κ3) is 3.54. The third-order valence-electron chi connectivity index (χ3n) is 3.99. The van der Waals surface area contributed by atoms with Gasteiger partial charge in [-0.15, -0.1) is 0 Å². The predicted octanol–water partition coefficient (Wildman–Crippen LogP) is 2.22. The molecule has 8 heteroatoms. The standard InChI is InChI=1S/C19H15N5O3/c25-18(11-15-13-8-4-5-9-17(13)27-24-15)22-23-19(26)16-10-14(20-21-16)12-6-2-1-3-7-12/h1-10H,11H2,(H,20,21)(H,22,25)(H,23,26). The van der Waals surface area contributed by atoms with Crippen molar-refractivity contribution in [3.8, 4) is 11.3 Å². The number of amides is 2. The fourth-order valence-corrected chi connectivity index (χ4v) is 2.65. The van der Waals surface area contributed by atoms with Crippen LogP contribution >= 0.6 is 0 Å². The molecular formula is C19H15N5O3. The number of rotatable bonds is 4. The smallest absolute Gasteiger partial charge is 0.287 e. The van der Waals surface area contributed by atoms with E-state index in [1.54, 1.807) is 12.1 Å². The number of carbonyl (C=O) groups excluding carboxylic acids is 2. The highest BCUT2D eigenvalue weighted by atomic mass is 16.5. The summed E-state index contributed by atoms with van der Waals surface area (Å²) in [6.45, 7) is 0. The summed E-state index contributed by atoms with van der Waals surface area (Å²) in [5.74, 6) is -0.909. The Hall–Kier alpha value is -3.94. The van der Waals surface area contributed by atoms with Gasteiger partial charge in [0.25, 0.3) is 5.91 Å². The number of aromatic nitrogens is 3. The highest BCUT2D eigenvalue weighted by Crippen LogP contribution is 2.18. The molecular weight excluding hydrogens is 346 g/mol. The Morgan fingerprint density at radius 1 is 1.00 bits per heavy atom. The summed E-state index contributed by atoms with van der Waals surface area (Å²) in [6.07, 6.45) is -0.0183. The SMILES string of the molecule is O=C(Cc1noc2ccccc12)NNC(=O)c1cc(-c2ccccc2)n[nH]1. The molecule has 0 aliphatic rings. The van der Waals surface area contributed by atoms with Crippen LogP contribution in [-0.2, 0) is 11.2 Å². The van der Waals surface area contributed by atoms with E-state index in [4.69, 9.17) is 4.52 Å². The number of H-pyrrole nitrogens is 1. The molecule has 0 unspecified atom stereocenters. The molecule has 0 saturated heterocycles. The number of para-hydroxylation sites is 1. The van der Waals surface area contributed by atoms with E-state index in [2.05, 4.69) is 26.2 Å². The fraction of sp³-hybridized carbons (Fsp3) is 0.0526. The summed E-state index contributed by atoms with van der Waals surface area (Å²) in [5, 5.41) is 11.4. The van der Waals surface area contributed by atoms with E-state index < -0.39 is 11.8 Å². The number of benzene rings is 2. The van der Waals surface area contributed by atoms with Crippen molar-refractivity contribution in [1.82, 2.24) is 26.2 Å². The first-order valence-electron chi connectivity index (χ1n) is 8.24. The van der Waals surface area contributed by atoms with Gasteiger partial charge >= 0.3 is 0 Å². The van der Waals surface area contributed by atoms with Crippen LogP contribution in [0.4, 0.5) is 0 Å². The molecule has 2 heterocycles. The maximum absolute atomic E-state index is 12.2. The average molecular weight is 361 g/mol. The van der Waals surface area contributed by atoms with Crippen LogP contribution in [0.1, 0.15) is 16.2 Å². The van der Waals surface area contributed by atoms with Crippen molar-refractivity contribution < 1.29 is 14.1 Å². The van der Waals surface area contributed by atoms with Crippen LogP contribution in [0.5, 0.6) is 0 Å². The first-order chi connectivity index (χ1) is 13.2. The van der Waals surface area contributed by atoms with Crippen LogP contribution in [0.2, 0.25) is 0 Å². The van der Waals surface area contributed by atoms with Crippen LogP contribution in [-0.4, -0.2) is 27.2 Å². The van der Waals surface area contributed by atoms with Crippen molar-refractivity contribution in [3.05, 3.63) is 72.1 Å². The fourth-order valence-electron chi connectivity index (χ4n) is 2.65. The number of hydrazine groups is 1. The zero-order valence-electron chi connectivity index (χ0n) is 14.1. The van der Waals surface area contributed by atoms with Gasteiger partial charge in [0.1, 0.15) is 11.4 Å². The molecule has 0 aliphatic heterocycles. The molecule has 0 spiro atoms. The lowest BCUT2D eigenvalue weighted by molar-refractivity contribution is -0.121. The topological polar surface area (TPSA) is 113 Å². The summed E-state index contributed by atoms with van der Waals surface area (Å²) in [4.78, 5) is 24.3. The number of nitrogens with one attached hydrogen (secondary N) is 3. The average Bonchev–Trinajstić information content (AvgIpc) is 3.35.